The average Bonchev–Trinajstić information content (AvgIpc) is 2.53. The van der Waals surface area contributed by atoms with Gasteiger partial charge in [0, 0.05) is 37.0 Å². The molecule has 5 nitrogen and oxygen atoms in total. The van der Waals surface area contributed by atoms with E-state index in [1.165, 1.54) is 4.31 Å². The van der Waals surface area contributed by atoms with Crippen LogP contribution in [0.5, 0.6) is 0 Å². The van der Waals surface area contributed by atoms with Gasteiger partial charge in [0.1, 0.15) is 5.82 Å². The molecular formula is C18H23N3O2S. The molecule has 0 atom stereocenters. The highest BCUT2D eigenvalue weighted by Crippen LogP contribution is 2.27. The molecule has 6 heteroatoms. The first-order valence-corrected chi connectivity index (χ1v) is 9.54. The molecule has 3 rings (SSSR count). The maximum Gasteiger partial charge on any atom is 0.243 e. The smallest absolute Gasteiger partial charge is 0.241 e. The fourth-order valence-electron chi connectivity index (χ4n) is 2.87. The monoisotopic (exact) mass is 345 g/mol. The lowest BCUT2D eigenvalue weighted by atomic mass is 9.87. The SMILES string of the molecule is Cc1ncc2c(n1)CCN(S(=O)(=O)c1ccc(C(C)(C)C)cc1)C2. The van der Waals surface area contributed by atoms with Gasteiger partial charge in [0.15, 0.2) is 0 Å². The zero-order valence-corrected chi connectivity index (χ0v) is 15.4. The van der Waals surface area contributed by atoms with Crippen LogP contribution in [-0.4, -0.2) is 29.2 Å². The quantitative estimate of drug-likeness (QED) is 0.839. The van der Waals surface area contributed by atoms with Gasteiger partial charge in [-0.25, -0.2) is 18.4 Å². The van der Waals surface area contributed by atoms with E-state index in [1.807, 2.05) is 19.1 Å². The average molecular weight is 345 g/mol. The molecule has 0 aliphatic carbocycles. The van der Waals surface area contributed by atoms with Crippen molar-refractivity contribution in [1.82, 2.24) is 14.3 Å². The standard InChI is InChI=1S/C18H23N3O2S/c1-13-19-11-14-12-21(10-9-17(14)20-13)24(22,23)16-7-5-15(6-8-16)18(2,3)4/h5-8,11H,9-10,12H2,1-4H3. The first-order valence-electron chi connectivity index (χ1n) is 8.10. The van der Waals surface area contributed by atoms with Gasteiger partial charge in [0.05, 0.1) is 4.90 Å². The summed E-state index contributed by atoms with van der Waals surface area (Å²) in [4.78, 5) is 8.94. The van der Waals surface area contributed by atoms with Crippen LogP contribution in [0.2, 0.25) is 0 Å². The molecular weight excluding hydrogens is 322 g/mol. The molecule has 1 aromatic carbocycles. The Kier molecular flexibility index (Phi) is 4.21. The number of hydrogen-bond donors (Lipinski definition) is 0. The number of fused-ring (bicyclic) bond motifs is 1. The molecule has 1 aliphatic rings. The van der Waals surface area contributed by atoms with Gasteiger partial charge < -0.3 is 0 Å². The molecule has 2 aromatic rings. The Morgan fingerprint density at radius 1 is 1.12 bits per heavy atom. The van der Waals surface area contributed by atoms with E-state index in [4.69, 9.17) is 0 Å². The summed E-state index contributed by atoms with van der Waals surface area (Å²) in [6, 6.07) is 7.21. The van der Waals surface area contributed by atoms with E-state index in [-0.39, 0.29) is 5.41 Å². The van der Waals surface area contributed by atoms with Crippen molar-refractivity contribution < 1.29 is 8.42 Å². The molecule has 0 fully saturated rings. The number of hydrogen-bond acceptors (Lipinski definition) is 4. The topological polar surface area (TPSA) is 63.2 Å². The zero-order valence-electron chi connectivity index (χ0n) is 14.6. The van der Waals surface area contributed by atoms with E-state index >= 15 is 0 Å². The van der Waals surface area contributed by atoms with Crippen molar-refractivity contribution in [3.05, 3.63) is 53.1 Å². The summed E-state index contributed by atoms with van der Waals surface area (Å²) in [5.41, 5.74) is 2.97. The van der Waals surface area contributed by atoms with Crippen molar-refractivity contribution in [1.29, 1.82) is 0 Å². The van der Waals surface area contributed by atoms with Gasteiger partial charge in [0.25, 0.3) is 0 Å². The van der Waals surface area contributed by atoms with E-state index in [9.17, 15) is 8.42 Å². The number of nitrogens with zero attached hydrogens (tertiary/aromatic N) is 3. The second-order valence-corrected chi connectivity index (χ2v) is 9.19. The maximum atomic E-state index is 12.9. The number of benzene rings is 1. The minimum Gasteiger partial charge on any atom is -0.241 e. The first-order chi connectivity index (χ1) is 11.2. The van der Waals surface area contributed by atoms with Gasteiger partial charge in [-0.2, -0.15) is 4.31 Å². The Balaban J connectivity index is 1.87. The molecule has 0 bridgehead atoms. The lowest BCUT2D eigenvalue weighted by Crippen LogP contribution is -2.36. The Bertz CT molecular complexity index is 853. The highest BCUT2D eigenvalue weighted by Gasteiger charge is 2.29. The van der Waals surface area contributed by atoms with Gasteiger partial charge in [-0.3, -0.25) is 0 Å². The molecule has 128 valence electrons. The van der Waals surface area contributed by atoms with E-state index < -0.39 is 10.0 Å². The fraction of sp³-hybridized carbons (Fsp3) is 0.444. The molecule has 0 amide bonds. The summed E-state index contributed by atoms with van der Waals surface area (Å²) in [5.74, 6) is 0.725. The lowest BCUT2D eigenvalue weighted by Gasteiger charge is -2.27. The maximum absolute atomic E-state index is 12.9. The van der Waals surface area contributed by atoms with Crippen molar-refractivity contribution in [2.24, 2.45) is 0 Å². The van der Waals surface area contributed by atoms with Crippen LogP contribution in [0.3, 0.4) is 0 Å². The Morgan fingerprint density at radius 3 is 2.42 bits per heavy atom. The molecule has 0 radical (unpaired) electrons. The van der Waals surface area contributed by atoms with Crippen LogP contribution >= 0.6 is 0 Å². The van der Waals surface area contributed by atoms with Crippen LogP contribution in [0.1, 0.15) is 43.4 Å². The first kappa shape index (κ1) is 17.0. The third-order valence-corrected chi connectivity index (χ3v) is 6.24. The third-order valence-electron chi connectivity index (χ3n) is 4.38. The molecule has 0 unspecified atom stereocenters. The van der Waals surface area contributed by atoms with E-state index in [1.54, 1.807) is 18.3 Å². The van der Waals surface area contributed by atoms with Crippen molar-refractivity contribution in [3.8, 4) is 0 Å². The van der Waals surface area contributed by atoms with Gasteiger partial charge in [-0.1, -0.05) is 32.9 Å². The van der Waals surface area contributed by atoms with Crippen LogP contribution in [0.4, 0.5) is 0 Å². The number of sulfonamides is 1. The summed E-state index contributed by atoms with van der Waals surface area (Å²) in [7, 11) is -3.50. The summed E-state index contributed by atoms with van der Waals surface area (Å²) < 4.78 is 27.3. The van der Waals surface area contributed by atoms with Gasteiger partial charge in [0.2, 0.25) is 10.0 Å². The molecule has 1 aliphatic heterocycles. The third kappa shape index (κ3) is 3.21. The summed E-state index contributed by atoms with van der Waals surface area (Å²) in [6.45, 7) is 8.96. The van der Waals surface area contributed by atoms with Gasteiger partial charge >= 0.3 is 0 Å². The normalized spacial score (nSPS) is 16.0. The Labute approximate surface area is 143 Å². The predicted molar refractivity (Wildman–Crippen MR) is 93.2 cm³/mol. The van der Waals surface area contributed by atoms with Crippen LogP contribution in [-0.2, 0) is 28.4 Å². The van der Waals surface area contributed by atoms with Crippen molar-refractivity contribution in [2.45, 2.75) is 51.0 Å². The van der Waals surface area contributed by atoms with Crippen molar-refractivity contribution in [3.63, 3.8) is 0 Å². The highest BCUT2D eigenvalue weighted by atomic mass is 32.2. The van der Waals surface area contributed by atoms with Crippen LogP contribution in [0, 0.1) is 6.92 Å². The van der Waals surface area contributed by atoms with E-state index in [2.05, 4.69) is 30.7 Å². The van der Waals surface area contributed by atoms with Crippen LogP contribution < -0.4 is 0 Å². The van der Waals surface area contributed by atoms with Gasteiger partial charge in [-0.15, -0.1) is 0 Å². The number of aryl methyl sites for hydroxylation is 1. The Hall–Kier alpha value is -1.79. The number of rotatable bonds is 2. The predicted octanol–water partition coefficient (Wildman–Crippen LogP) is 2.83. The highest BCUT2D eigenvalue weighted by molar-refractivity contribution is 7.89. The minimum atomic E-state index is -3.50. The molecule has 1 aromatic heterocycles. The van der Waals surface area contributed by atoms with Gasteiger partial charge in [-0.05, 0) is 30.0 Å². The van der Waals surface area contributed by atoms with E-state index in [0.717, 1.165) is 22.6 Å². The van der Waals surface area contributed by atoms with E-state index in [0.29, 0.717) is 24.4 Å². The summed E-state index contributed by atoms with van der Waals surface area (Å²) in [6.07, 6.45) is 2.36. The second-order valence-electron chi connectivity index (χ2n) is 7.25. The van der Waals surface area contributed by atoms with Crippen molar-refractivity contribution in [2.75, 3.05) is 6.54 Å². The molecule has 0 N–H and O–H groups in total. The lowest BCUT2D eigenvalue weighted by molar-refractivity contribution is 0.386. The second kappa shape index (κ2) is 5.93. The Morgan fingerprint density at radius 2 is 1.79 bits per heavy atom. The molecule has 0 saturated heterocycles. The van der Waals surface area contributed by atoms with Crippen molar-refractivity contribution >= 4 is 10.0 Å². The largest absolute Gasteiger partial charge is 0.243 e. The molecule has 0 spiro atoms. The van der Waals surface area contributed by atoms with Crippen LogP contribution in [0.25, 0.3) is 0 Å². The number of aromatic nitrogens is 2. The fourth-order valence-corrected chi connectivity index (χ4v) is 4.29. The summed E-state index contributed by atoms with van der Waals surface area (Å²) in [5, 5.41) is 0. The van der Waals surface area contributed by atoms with Crippen LogP contribution in [0.15, 0.2) is 35.4 Å². The zero-order chi connectivity index (χ0) is 17.5. The minimum absolute atomic E-state index is 0.00154. The summed E-state index contributed by atoms with van der Waals surface area (Å²) >= 11 is 0. The molecule has 24 heavy (non-hydrogen) atoms. The molecule has 0 saturated carbocycles. The molecule has 2 heterocycles.